The van der Waals surface area contributed by atoms with Gasteiger partial charge in [-0.05, 0) is 0 Å². The molecule has 0 bridgehead atoms. The molecule has 0 saturated carbocycles. The van der Waals surface area contributed by atoms with Crippen molar-refractivity contribution in [2.75, 3.05) is 13.2 Å². The molecule has 0 aliphatic heterocycles. The van der Waals surface area contributed by atoms with Gasteiger partial charge >= 0.3 is 93.0 Å². The molecule has 0 aliphatic carbocycles. The average molecular weight is 239 g/mol. The van der Waals surface area contributed by atoms with E-state index in [4.69, 9.17) is 9.96 Å². The van der Waals surface area contributed by atoms with E-state index in [-0.39, 0.29) is 5.97 Å². The Kier molecular flexibility index (Phi) is 9.72. The van der Waals surface area contributed by atoms with E-state index in [9.17, 15) is 4.79 Å². The summed E-state index contributed by atoms with van der Waals surface area (Å²) in [6, 6.07) is 0. The van der Waals surface area contributed by atoms with E-state index in [1.54, 1.807) is 6.92 Å². The van der Waals surface area contributed by atoms with Crippen LogP contribution in [0.15, 0.2) is 0 Å². The molecule has 5 heteroatoms. The summed E-state index contributed by atoms with van der Waals surface area (Å²) in [5.41, 5.74) is 0. The van der Waals surface area contributed by atoms with Crippen LogP contribution in [0.3, 0.4) is 0 Å². The van der Waals surface area contributed by atoms with E-state index in [1.807, 2.05) is 13.8 Å². The number of carbonyl (C=O) groups excluding carboxylic acids is 1. The molecule has 0 N–H and O–H groups in total. The third-order valence-corrected chi connectivity index (χ3v) is 3.32. The third-order valence-electron chi connectivity index (χ3n) is 1.33. The quantitative estimate of drug-likeness (QED) is 0.609. The molecule has 0 aromatic carbocycles. The van der Waals surface area contributed by atoms with Gasteiger partial charge in [-0.2, -0.15) is 0 Å². The molecule has 14 heavy (non-hydrogen) atoms. The van der Waals surface area contributed by atoms with Gasteiger partial charge in [0.1, 0.15) is 0 Å². The van der Waals surface area contributed by atoms with Crippen LogP contribution < -0.4 is 0 Å². The van der Waals surface area contributed by atoms with Crippen LogP contribution in [0.1, 0.15) is 40.0 Å². The molecular formula is C9H19O4Ti. The molecule has 4 nitrogen and oxygen atoms in total. The summed E-state index contributed by atoms with van der Waals surface area (Å²) < 4.78 is 15.8. The first-order chi connectivity index (χ1) is 6.74. The van der Waals surface area contributed by atoms with Crippen LogP contribution in [0, 0.1) is 0 Å². The molecular weight excluding hydrogens is 220 g/mol. The van der Waals surface area contributed by atoms with E-state index in [1.165, 1.54) is 0 Å². The van der Waals surface area contributed by atoms with Gasteiger partial charge in [0.25, 0.3) is 0 Å². The van der Waals surface area contributed by atoms with Gasteiger partial charge in [0.2, 0.25) is 0 Å². The van der Waals surface area contributed by atoms with Crippen LogP contribution in [0.25, 0.3) is 0 Å². The van der Waals surface area contributed by atoms with Crippen molar-refractivity contribution in [1.82, 2.24) is 0 Å². The number of hydrogen-bond acceptors (Lipinski definition) is 4. The SMILES string of the molecule is CCC[O][Ti]([O]CCC)[O]C(=O)CC. The van der Waals surface area contributed by atoms with Crippen molar-refractivity contribution in [3.63, 3.8) is 0 Å². The Hall–Kier alpha value is 0.104. The third kappa shape index (κ3) is 7.50. The van der Waals surface area contributed by atoms with E-state index >= 15 is 0 Å². The van der Waals surface area contributed by atoms with Crippen LogP contribution in [0.5, 0.6) is 0 Å². The molecule has 0 heterocycles. The van der Waals surface area contributed by atoms with E-state index in [2.05, 4.69) is 0 Å². The van der Waals surface area contributed by atoms with Crippen molar-refractivity contribution >= 4 is 5.97 Å². The van der Waals surface area contributed by atoms with Crippen molar-refractivity contribution in [2.45, 2.75) is 40.0 Å². The maximum atomic E-state index is 11.0. The van der Waals surface area contributed by atoms with Gasteiger partial charge in [-0.1, -0.05) is 0 Å². The summed E-state index contributed by atoms with van der Waals surface area (Å²) >= 11 is -2.47. The summed E-state index contributed by atoms with van der Waals surface area (Å²) in [5.74, 6) is -0.229. The van der Waals surface area contributed by atoms with Gasteiger partial charge in [-0.3, -0.25) is 0 Å². The number of hydrogen-bond donors (Lipinski definition) is 0. The van der Waals surface area contributed by atoms with Crippen molar-refractivity contribution in [1.29, 1.82) is 0 Å². The fourth-order valence-electron chi connectivity index (χ4n) is 0.636. The van der Waals surface area contributed by atoms with Crippen molar-refractivity contribution in [2.24, 2.45) is 0 Å². The molecule has 0 fully saturated rings. The molecule has 0 unspecified atom stereocenters. The molecule has 0 atom stereocenters. The van der Waals surface area contributed by atoms with Crippen molar-refractivity contribution < 1.29 is 33.8 Å². The van der Waals surface area contributed by atoms with Crippen LogP contribution in [0.4, 0.5) is 0 Å². The Morgan fingerprint density at radius 3 is 1.93 bits per heavy atom. The standard InChI is InChI=1S/C3H6O2.2C3H7O.Ti/c1-2-3(4)5;2*1-2-3-4;/h2H2,1H3,(H,4,5);2*2-3H2,1H3;/q;2*-1;+3/p-1. The molecule has 0 aromatic heterocycles. The first kappa shape index (κ1) is 14.1. The first-order valence-electron chi connectivity index (χ1n) is 5.07. The predicted octanol–water partition coefficient (Wildman–Crippen LogP) is 2.16. The Labute approximate surface area is 93.2 Å². The minimum absolute atomic E-state index is 0.229. The van der Waals surface area contributed by atoms with Gasteiger partial charge in [-0.25, -0.2) is 0 Å². The van der Waals surface area contributed by atoms with Crippen LogP contribution in [0.2, 0.25) is 0 Å². The van der Waals surface area contributed by atoms with Crippen molar-refractivity contribution in [3.05, 3.63) is 0 Å². The Morgan fingerprint density at radius 2 is 1.57 bits per heavy atom. The molecule has 83 valence electrons. The topological polar surface area (TPSA) is 44.8 Å². The summed E-state index contributed by atoms with van der Waals surface area (Å²) in [4.78, 5) is 11.0. The molecule has 0 saturated heterocycles. The van der Waals surface area contributed by atoms with Crippen LogP contribution in [-0.2, 0) is 33.8 Å². The molecule has 0 radical (unpaired) electrons. The van der Waals surface area contributed by atoms with Gasteiger partial charge < -0.3 is 0 Å². The second-order valence-electron chi connectivity index (χ2n) is 2.77. The normalized spacial score (nSPS) is 9.93. The fraction of sp³-hybridized carbons (Fsp3) is 0.889. The second kappa shape index (κ2) is 9.65. The van der Waals surface area contributed by atoms with Gasteiger partial charge in [0, 0.05) is 0 Å². The maximum absolute atomic E-state index is 11.0. The fourth-order valence-corrected chi connectivity index (χ4v) is 2.62. The molecule has 0 aliphatic rings. The van der Waals surface area contributed by atoms with Crippen LogP contribution >= 0.6 is 0 Å². The summed E-state index contributed by atoms with van der Waals surface area (Å²) in [5, 5.41) is 0. The van der Waals surface area contributed by atoms with Gasteiger partial charge in [-0.15, -0.1) is 0 Å². The number of rotatable bonds is 8. The minimum atomic E-state index is -2.47. The molecule has 0 amide bonds. The molecule has 0 aromatic rings. The number of carbonyl (C=O) groups is 1. The van der Waals surface area contributed by atoms with Gasteiger partial charge in [0.15, 0.2) is 0 Å². The van der Waals surface area contributed by atoms with E-state index in [0.717, 1.165) is 12.8 Å². The van der Waals surface area contributed by atoms with Gasteiger partial charge in [0.05, 0.1) is 0 Å². The Bertz CT molecular complexity index is 144. The zero-order valence-electron chi connectivity index (χ0n) is 9.17. The average Bonchev–Trinajstić information content (AvgIpc) is 2.21. The summed E-state index contributed by atoms with van der Waals surface area (Å²) in [6.45, 7) is 7.00. The summed E-state index contributed by atoms with van der Waals surface area (Å²) in [7, 11) is 0. The molecule has 0 spiro atoms. The Morgan fingerprint density at radius 1 is 1.07 bits per heavy atom. The first-order valence-corrected chi connectivity index (χ1v) is 6.99. The zero-order chi connectivity index (χ0) is 10.8. The van der Waals surface area contributed by atoms with E-state index in [0.29, 0.717) is 19.6 Å². The predicted molar refractivity (Wildman–Crippen MR) is 48.9 cm³/mol. The van der Waals surface area contributed by atoms with Crippen molar-refractivity contribution in [3.8, 4) is 0 Å². The van der Waals surface area contributed by atoms with E-state index < -0.39 is 19.0 Å². The Balaban J connectivity index is 3.77. The van der Waals surface area contributed by atoms with Crippen LogP contribution in [-0.4, -0.2) is 19.2 Å². The second-order valence-corrected chi connectivity index (χ2v) is 4.78. The monoisotopic (exact) mass is 239 g/mol. The summed E-state index contributed by atoms with van der Waals surface area (Å²) in [6.07, 6.45) is 2.20. The molecule has 0 rings (SSSR count). The zero-order valence-corrected chi connectivity index (χ0v) is 10.7.